The van der Waals surface area contributed by atoms with Crippen molar-refractivity contribution in [3.05, 3.63) is 23.0 Å². The summed E-state index contributed by atoms with van der Waals surface area (Å²) in [4.78, 5) is 4.42. The fourth-order valence-electron chi connectivity index (χ4n) is 1.93. The van der Waals surface area contributed by atoms with Gasteiger partial charge in [-0.15, -0.1) is 0 Å². The van der Waals surface area contributed by atoms with E-state index in [2.05, 4.69) is 18.8 Å². The molecule has 2 rings (SSSR count). The van der Waals surface area contributed by atoms with Gasteiger partial charge >= 0.3 is 7.12 Å². The van der Waals surface area contributed by atoms with E-state index < -0.39 is 7.12 Å². The zero-order valence-electron chi connectivity index (χ0n) is 12.5. The summed E-state index contributed by atoms with van der Waals surface area (Å²) in [5.74, 6) is 0.352. The first-order chi connectivity index (χ1) is 8.64. The third-order valence-corrected chi connectivity index (χ3v) is 4.30. The summed E-state index contributed by atoms with van der Waals surface area (Å²) < 4.78 is 12.0. The van der Waals surface area contributed by atoms with Gasteiger partial charge in [0.25, 0.3) is 0 Å². The lowest BCUT2D eigenvalue weighted by Crippen LogP contribution is -2.41. The zero-order chi connectivity index (χ0) is 14.4. The molecule has 1 aromatic rings. The number of nitrogens with zero attached hydrogens (tertiary/aromatic N) is 1. The summed E-state index contributed by atoms with van der Waals surface area (Å²) >= 11 is 6.27. The molecule has 19 heavy (non-hydrogen) atoms. The monoisotopic (exact) mass is 281 g/mol. The van der Waals surface area contributed by atoms with E-state index in [9.17, 15) is 0 Å². The Morgan fingerprint density at radius 2 is 1.63 bits per heavy atom. The fraction of sp³-hybridized carbons (Fsp3) is 0.643. The van der Waals surface area contributed by atoms with Gasteiger partial charge in [-0.05, 0) is 39.7 Å². The van der Waals surface area contributed by atoms with E-state index in [-0.39, 0.29) is 11.2 Å². The molecular formula is C14H21BClNO2. The molecule has 1 aromatic heterocycles. The molecule has 0 unspecified atom stereocenters. The van der Waals surface area contributed by atoms with Crippen molar-refractivity contribution in [2.45, 2.75) is 58.7 Å². The lowest BCUT2D eigenvalue weighted by molar-refractivity contribution is 0.00578. The predicted molar refractivity (Wildman–Crippen MR) is 79.1 cm³/mol. The van der Waals surface area contributed by atoms with Crippen molar-refractivity contribution >= 4 is 24.2 Å². The van der Waals surface area contributed by atoms with Crippen LogP contribution in [0.1, 0.15) is 53.2 Å². The molecule has 1 aliphatic heterocycles. The van der Waals surface area contributed by atoms with Crippen LogP contribution in [0.25, 0.3) is 0 Å². The van der Waals surface area contributed by atoms with Crippen LogP contribution in [0.5, 0.6) is 0 Å². The molecule has 0 aromatic carbocycles. The van der Waals surface area contributed by atoms with Gasteiger partial charge in [-0.3, -0.25) is 0 Å². The van der Waals surface area contributed by atoms with Crippen LogP contribution in [-0.4, -0.2) is 23.3 Å². The van der Waals surface area contributed by atoms with Gasteiger partial charge in [-0.2, -0.15) is 0 Å². The second-order valence-electron chi connectivity index (χ2n) is 6.36. The van der Waals surface area contributed by atoms with Gasteiger partial charge in [-0.1, -0.05) is 31.5 Å². The van der Waals surface area contributed by atoms with Gasteiger partial charge in [0, 0.05) is 11.2 Å². The Bertz CT molecular complexity index is 472. The van der Waals surface area contributed by atoms with Crippen LogP contribution in [0.3, 0.4) is 0 Å². The maximum atomic E-state index is 6.27. The molecule has 0 saturated carbocycles. The SMILES string of the molecule is CC(C)c1ccc(B2OC(C)(C)C(C)(C)O2)c(Cl)n1. The van der Waals surface area contributed by atoms with Gasteiger partial charge < -0.3 is 9.31 Å². The van der Waals surface area contributed by atoms with Crippen LogP contribution < -0.4 is 5.46 Å². The number of aromatic nitrogens is 1. The molecule has 0 aliphatic carbocycles. The normalized spacial score (nSPS) is 21.2. The second kappa shape index (κ2) is 4.76. The van der Waals surface area contributed by atoms with E-state index in [0.29, 0.717) is 11.1 Å². The molecule has 0 N–H and O–H groups in total. The van der Waals surface area contributed by atoms with Crippen LogP contribution >= 0.6 is 11.6 Å². The van der Waals surface area contributed by atoms with Crippen LogP contribution in [0.4, 0.5) is 0 Å². The van der Waals surface area contributed by atoms with Crippen molar-refractivity contribution in [1.82, 2.24) is 4.98 Å². The van der Waals surface area contributed by atoms with Gasteiger partial charge in [-0.25, -0.2) is 4.98 Å². The maximum absolute atomic E-state index is 6.27. The number of halogens is 1. The standard InChI is InChI=1S/C14H21BClNO2/c1-9(2)11-8-7-10(12(16)17-11)15-18-13(3,4)14(5,6)19-15/h7-9H,1-6H3. The molecule has 0 amide bonds. The molecule has 1 aliphatic rings. The van der Waals surface area contributed by atoms with Crippen LogP contribution in [-0.2, 0) is 9.31 Å². The molecule has 0 spiro atoms. The summed E-state index contributed by atoms with van der Waals surface area (Å²) in [6.07, 6.45) is 0. The molecule has 1 saturated heterocycles. The summed E-state index contributed by atoms with van der Waals surface area (Å²) in [5, 5.41) is 0.463. The lowest BCUT2D eigenvalue weighted by atomic mass is 9.80. The first-order valence-corrected chi connectivity index (χ1v) is 7.04. The fourth-order valence-corrected chi connectivity index (χ4v) is 2.18. The highest BCUT2D eigenvalue weighted by molar-refractivity contribution is 6.65. The molecule has 104 valence electrons. The van der Waals surface area contributed by atoms with Crippen LogP contribution in [0, 0.1) is 0 Å². The number of pyridine rings is 1. The number of hydrogen-bond acceptors (Lipinski definition) is 3. The van der Waals surface area contributed by atoms with Crippen molar-refractivity contribution in [3.8, 4) is 0 Å². The van der Waals surface area contributed by atoms with Gasteiger partial charge in [0.15, 0.2) is 0 Å². The van der Waals surface area contributed by atoms with Gasteiger partial charge in [0.1, 0.15) is 5.15 Å². The van der Waals surface area contributed by atoms with E-state index in [1.165, 1.54) is 0 Å². The minimum atomic E-state index is -0.453. The first-order valence-electron chi connectivity index (χ1n) is 6.66. The van der Waals surface area contributed by atoms with Crippen molar-refractivity contribution in [2.24, 2.45) is 0 Å². The van der Waals surface area contributed by atoms with E-state index in [1.54, 1.807) is 0 Å². The average molecular weight is 282 g/mol. The minimum absolute atomic E-state index is 0.352. The third-order valence-electron chi connectivity index (χ3n) is 4.00. The molecule has 0 atom stereocenters. The van der Waals surface area contributed by atoms with Crippen molar-refractivity contribution < 1.29 is 9.31 Å². The maximum Gasteiger partial charge on any atom is 0.498 e. The van der Waals surface area contributed by atoms with Crippen LogP contribution in [0.15, 0.2) is 12.1 Å². The topological polar surface area (TPSA) is 31.4 Å². The number of rotatable bonds is 2. The average Bonchev–Trinajstić information content (AvgIpc) is 2.47. The molecular weight excluding hydrogens is 260 g/mol. The van der Waals surface area contributed by atoms with E-state index >= 15 is 0 Å². The molecule has 0 radical (unpaired) electrons. The zero-order valence-corrected chi connectivity index (χ0v) is 13.2. The van der Waals surface area contributed by atoms with E-state index in [1.807, 2.05) is 39.8 Å². The van der Waals surface area contributed by atoms with E-state index in [4.69, 9.17) is 20.9 Å². The van der Waals surface area contributed by atoms with Crippen molar-refractivity contribution in [3.63, 3.8) is 0 Å². The van der Waals surface area contributed by atoms with Gasteiger partial charge in [0.05, 0.1) is 11.2 Å². The largest absolute Gasteiger partial charge is 0.498 e. The van der Waals surface area contributed by atoms with E-state index in [0.717, 1.165) is 11.2 Å². The van der Waals surface area contributed by atoms with Crippen LogP contribution in [0.2, 0.25) is 5.15 Å². The first kappa shape index (κ1) is 14.8. The molecule has 2 heterocycles. The smallest absolute Gasteiger partial charge is 0.399 e. The Kier molecular flexibility index (Phi) is 3.71. The lowest BCUT2D eigenvalue weighted by Gasteiger charge is -2.32. The van der Waals surface area contributed by atoms with Crippen molar-refractivity contribution in [1.29, 1.82) is 0 Å². The highest BCUT2D eigenvalue weighted by Gasteiger charge is 2.52. The minimum Gasteiger partial charge on any atom is -0.399 e. The highest BCUT2D eigenvalue weighted by Crippen LogP contribution is 2.36. The molecule has 3 nitrogen and oxygen atoms in total. The Morgan fingerprint density at radius 3 is 2.05 bits per heavy atom. The Labute approximate surface area is 120 Å². The quantitative estimate of drug-likeness (QED) is 0.616. The third kappa shape index (κ3) is 2.67. The number of hydrogen-bond donors (Lipinski definition) is 0. The Hall–Kier alpha value is -0.575. The van der Waals surface area contributed by atoms with Crippen molar-refractivity contribution in [2.75, 3.05) is 0 Å². The highest BCUT2D eigenvalue weighted by atomic mass is 35.5. The second-order valence-corrected chi connectivity index (χ2v) is 6.72. The predicted octanol–water partition coefficient (Wildman–Crippen LogP) is 3.16. The Morgan fingerprint density at radius 1 is 1.11 bits per heavy atom. The molecule has 1 fully saturated rings. The summed E-state index contributed by atoms with van der Waals surface area (Å²) in [7, 11) is -0.453. The summed E-state index contributed by atoms with van der Waals surface area (Å²) in [6, 6.07) is 3.93. The molecule has 0 bridgehead atoms. The molecule has 5 heteroatoms. The summed E-state index contributed by atoms with van der Waals surface area (Å²) in [5.41, 5.74) is 1.05. The Balaban J connectivity index is 2.30. The summed E-state index contributed by atoms with van der Waals surface area (Å²) in [6.45, 7) is 12.3. The van der Waals surface area contributed by atoms with Gasteiger partial charge in [0.2, 0.25) is 0 Å².